The lowest BCUT2D eigenvalue weighted by Gasteiger charge is -2.09. The molecule has 94 valence electrons. The van der Waals surface area contributed by atoms with E-state index in [1.54, 1.807) is 0 Å². The molecule has 1 rings (SSSR count). The second-order valence-corrected chi connectivity index (χ2v) is 4.41. The van der Waals surface area contributed by atoms with Gasteiger partial charge in [-0.3, -0.25) is 4.55 Å². The predicted octanol–water partition coefficient (Wildman–Crippen LogP) is 2.89. The van der Waals surface area contributed by atoms with E-state index in [0.29, 0.717) is 24.3 Å². The molecule has 1 N–H and O–H groups in total. The van der Waals surface area contributed by atoms with Gasteiger partial charge in [0.05, 0.1) is 11.9 Å². The van der Waals surface area contributed by atoms with Crippen LogP contribution >= 0.6 is 0 Å². The average Bonchev–Trinajstić information content (AvgIpc) is 2.15. The molecule has 3 nitrogen and oxygen atoms in total. The summed E-state index contributed by atoms with van der Waals surface area (Å²) in [5, 5.41) is 0. The Morgan fingerprint density at radius 3 is 2.24 bits per heavy atom. The minimum absolute atomic E-state index is 0.121. The first-order valence-electron chi connectivity index (χ1n) is 4.12. The fraction of sp³-hybridized carbons (Fsp3) is 0.111. The van der Waals surface area contributed by atoms with Gasteiger partial charge in [0.1, 0.15) is 4.90 Å². The Balaban J connectivity index is 3.48. The average molecular weight is 270 g/mol. The smallest absolute Gasteiger partial charge is 0.282 e. The first-order valence-corrected chi connectivity index (χ1v) is 5.56. The Kier molecular flexibility index (Phi) is 3.58. The zero-order valence-corrected chi connectivity index (χ0v) is 8.89. The van der Waals surface area contributed by atoms with E-state index in [4.69, 9.17) is 4.55 Å². The molecular weight excluding hydrogens is 264 g/mol. The predicted molar refractivity (Wildman–Crippen MR) is 51.4 cm³/mol. The van der Waals surface area contributed by atoms with Crippen molar-refractivity contribution in [2.75, 3.05) is 0 Å². The van der Waals surface area contributed by atoms with E-state index in [2.05, 4.69) is 0 Å². The molecule has 1 aromatic rings. The summed E-state index contributed by atoms with van der Waals surface area (Å²) < 4.78 is 79.2. The maximum atomic E-state index is 12.3. The van der Waals surface area contributed by atoms with Crippen molar-refractivity contribution in [1.82, 2.24) is 0 Å². The third-order valence-electron chi connectivity index (χ3n) is 1.86. The minimum Gasteiger partial charge on any atom is -0.282 e. The van der Waals surface area contributed by atoms with E-state index in [1.165, 1.54) is 0 Å². The van der Waals surface area contributed by atoms with Gasteiger partial charge in [-0.05, 0) is 29.8 Å². The van der Waals surface area contributed by atoms with Crippen LogP contribution in [0.5, 0.6) is 0 Å². The number of hydrogen-bond acceptors (Lipinski definition) is 2. The Labute approximate surface area is 94.1 Å². The van der Waals surface area contributed by atoms with Crippen LogP contribution in [0, 0.1) is 0 Å². The van der Waals surface area contributed by atoms with E-state index in [-0.39, 0.29) is 6.33 Å². The summed E-state index contributed by atoms with van der Waals surface area (Å²) in [6, 6.07) is 1.48. The van der Waals surface area contributed by atoms with E-state index < -0.39 is 32.3 Å². The maximum absolute atomic E-state index is 12.3. The summed E-state index contributed by atoms with van der Waals surface area (Å²) in [4.78, 5) is -0.792. The maximum Gasteiger partial charge on any atom is 0.416 e. The largest absolute Gasteiger partial charge is 0.416 e. The van der Waals surface area contributed by atoms with Crippen molar-refractivity contribution in [1.29, 1.82) is 0 Å². The third-order valence-corrected chi connectivity index (χ3v) is 2.79. The second-order valence-electron chi connectivity index (χ2n) is 3.02. The van der Waals surface area contributed by atoms with Gasteiger partial charge in [0, 0.05) is 0 Å². The molecule has 0 aliphatic rings. The molecule has 0 atom stereocenters. The summed E-state index contributed by atoms with van der Waals surface area (Å²) in [5.41, 5.74) is -1.72. The first kappa shape index (κ1) is 13.7. The summed E-state index contributed by atoms with van der Waals surface area (Å²) in [6.45, 7) is 0. The second kappa shape index (κ2) is 4.46. The van der Waals surface area contributed by atoms with Gasteiger partial charge in [0.15, 0.2) is 0 Å². The Morgan fingerprint density at radius 1 is 1.24 bits per heavy atom. The van der Waals surface area contributed by atoms with Gasteiger partial charge in [0.25, 0.3) is 10.1 Å². The summed E-state index contributed by atoms with van der Waals surface area (Å²) in [5.74, 6) is 0. The van der Waals surface area contributed by atoms with Crippen molar-refractivity contribution in [3.05, 3.63) is 35.7 Å². The highest BCUT2D eigenvalue weighted by molar-refractivity contribution is 7.85. The van der Waals surface area contributed by atoms with Crippen LogP contribution in [0.3, 0.4) is 0 Å². The molecular formula is C9H6F4O3S. The van der Waals surface area contributed by atoms with Crippen molar-refractivity contribution >= 4 is 16.2 Å². The number of hydrogen-bond donors (Lipinski definition) is 1. The molecule has 0 fully saturated rings. The molecule has 0 radical (unpaired) electrons. The lowest BCUT2D eigenvalue weighted by atomic mass is 10.1. The van der Waals surface area contributed by atoms with Gasteiger partial charge in [-0.15, -0.1) is 0 Å². The molecule has 0 aromatic heterocycles. The normalized spacial score (nSPS) is 13.2. The highest BCUT2D eigenvalue weighted by atomic mass is 32.2. The van der Waals surface area contributed by atoms with Crippen LogP contribution in [0.15, 0.2) is 29.4 Å². The van der Waals surface area contributed by atoms with Crippen LogP contribution in [0.25, 0.3) is 6.08 Å². The Bertz CT molecular complexity index is 546. The molecule has 0 saturated heterocycles. The van der Waals surface area contributed by atoms with Gasteiger partial charge in [-0.25, -0.2) is 4.39 Å². The highest BCUT2D eigenvalue weighted by Crippen LogP contribution is 2.32. The van der Waals surface area contributed by atoms with Gasteiger partial charge in [0.2, 0.25) is 0 Å². The van der Waals surface area contributed by atoms with Crippen molar-refractivity contribution in [2.45, 2.75) is 11.1 Å². The van der Waals surface area contributed by atoms with Gasteiger partial charge in [-0.1, -0.05) is 0 Å². The standard InChI is InChI=1S/C9H6F4O3S/c10-4-3-6-5-7(9(11,12)13)1-2-8(6)17(14,15)16/h1-5H,(H,14,15,16). The van der Waals surface area contributed by atoms with Gasteiger partial charge in [-0.2, -0.15) is 21.6 Å². The molecule has 0 aliphatic heterocycles. The highest BCUT2D eigenvalue weighted by Gasteiger charge is 2.31. The Morgan fingerprint density at radius 2 is 1.82 bits per heavy atom. The zero-order valence-electron chi connectivity index (χ0n) is 8.07. The molecule has 0 saturated carbocycles. The van der Waals surface area contributed by atoms with Crippen LogP contribution in [0.1, 0.15) is 11.1 Å². The van der Waals surface area contributed by atoms with Crippen molar-refractivity contribution in [2.24, 2.45) is 0 Å². The SMILES string of the molecule is O=S(=O)(O)c1ccc(C(F)(F)F)cc1C=CF. The zero-order chi connectivity index (χ0) is 13.3. The van der Waals surface area contributed by atoms with Gasteiger partial charge >= 0.3 is 6.18 Å². The van der Waals surface area contributed by atoms with E-state index >= 15 is 0 Å². The molecule has 1 aromatic carbocycles. The van der Waals surface area contributed by atoms with Crippen LogP contribution < -0.4 is 0 Å². The van der Waals surface area contributed by atoms with Crippen LogP contribution in [0.4, 0.5) is 17.6 Å². The first-order chi connectivity index (χ1) is 7.66. The molecule has 0 bridgehead atoms. The molecule has 17 heavy (non-hydrogen) atoms. The molecule has 0 aliphatic carbocycles. The van der Waals surface area contributed by atoms with Crippen molar-refractivity contribution in [3.8, 4) is 0 Å². The minimum atomic E-state index is -4.70. The van der Waals surface area contributed by atoms with Crippen molar-refractivity contribution in [3.63, 3.8) is 0 Å². The monoisotopic (exact) mass is 270 g/mol. The van der Waals surface area contributed by atoms with Crippen molar-refractivity contribution < 1.29 is 30.5 Å². The van der Waals surface area contributed by atoms with E-state index in [0.717, 1.165) is 0 Å². The summed E-state index contributed by atoms with van der Waals surface area (Å²) >= 11 is 0. The molecule has 0 unspecified atom stereocenters. The summed E-state index contributed by atoms with van der Waals surface area (Å²) in [7, 11) is -4.70. The topological polar surface area (TPSA) is 54.4 Å². The number of halogens is 4. The molecule has 0 spiro atoms. The van der Waals surface area contributed by atoms with Gasteiger partial charge < -0.3 is 0 Å². The quantitative estimate of drug-likeness (QED) is 0.664. The third kappa shape index (κ3) is 3.27. The lowest BCUT2D eigenvalue weighted by Crippen LogP contribution is -2.08. The lowest BCUT2D eigenvalue weighted by molar-refractivity contribution is -0.137. The number of benzene rings is 1. The van der Waals surface area contributed by atoms with Crippen LogP contribution in [-0.2, 0) is 16.3 Å². The van der Waals surface area contributed by atoms with E-state index in [9.17, 15) is 26.0 Å². The molecule has 8 heteroatoms. The van der Waals surface area contributed by atoms with Crippen LogP contribution in [-0.4, -0.2) is 13.0 Å². The number of rotatable bonds is 2. The van der Waals surface area contributed by atoms with E-state index in [1.807, 2.05) is 0 Å². The summed E-state index contributed by atoms with van der Waals surface area (Å²) in [6.07, 6.45) is -4.29. The molecule has 0 amide bonds. The fourth-order valence-electron chi connectivity index (χ4n) is 1.16. The van der Waals surface area contributed by atoms with Crippen LogP contribution in [0.2, 0.25) is 0 Å². The fourth-order valence-corrected chi connectivity index (χ4v) is 1.82. The Hall–Kier alpha value is -1.41. The molecule has 0 heterocycles. The number of alkyl halides is 3.